The second-order valence-electron chi connectivity index (χ2n) is 5.38. The number of ether oxygens (including phenoxy) is 1. The first-order valence-corrected chi connectivity index (χ1v) is 7.28. The Balaban J connectivity index is 2.07. The normalized spacial score (nSPS) is 23.1. The number of benzene rings is 1. The van der Waals surface area contributed by atoms with Gasteiger partial charge in [-0.3, -0.25) is 4.79 Å². The number of amides is 1. The molecular formula is C16H23NO3. The predicted octanol–water partition coefficient (Wildman–Crippen LogP) is 2.26. The van der Waals surface area contributed by atoms with E-state index < -0.39 is 6.10 Å². The van der Waals surface area contributed by atoms with E-state index in [2.05, 4.69) is 5.32 Å². The molecule has 4 heteroatoms. The summed E-state index contributed by atoms with van der Waals surface area (Å²) in [5.41, 5.74) is 1.50. The maximum atomic E-state index is 12.4. The van der Waals surface area contributed by atoms with E-state index >= 15 is 0 Å². The molecule has 2 rings (SSSR count). The largest absolute Gasteiger partial charge is 0.391 e. The number of methoxy groups -OCH3 is 1. The topological polar surface area (TPSA) is 58.6 Å². The molecule has 0 bridgehead atoms. The third kappa shape index (κ3) is 3.81. The van der Waals surface area contributed by atoms with Gasteiger partial charge >= 0.3 is 0 Å². The van der Waals surface area contributed by atoms with Crippen molar-refractivity contribution in [2.45, 2.75) is 50.9 Å². The van der Waals surface area contributed by atoms with Gasteiger partial charge in [0.1, 0.15) is 0 Å². The molecule has 2 unspecified atom stereocenters. The lowest BCUT2D eigenvalue weighted by atomic mass is 10.0. The van der Waals surface area contributed by atoms with E-state index in [9.17, 15) is 9.90 Å². The Hall–Kier alpha value is -1.39. The summed E-state index contributed by atoms with van der Waals surface area (Å²) in [5.74, 6) is -0.122. The zero-order chi connectivity index (χ0) is 14.4. The average Bonchev–Trinajstić information content (AvgIpc) is 2.65. The molecule has 1 aromatic rings. The molecule has 1 amide bonds. The highest BCUT2D eigenvalue weighted by Crippen LogP contribution is 2.19. The van der Waals surface area contributed by atoms with Gasteiger partial charge in [0.2, 0.25) is 0 Å². The first-order chi connectivity index (χ1) is 9.72. The molecular weight excluding hydrogens is 254 g/mol. The fourth-order valence-corrected chi connectivity index (χ4v) is 2.73. The quantitative estimate of drug-likeness (QED) is 0.830. The smallest absolute Gasteiger partial charge is 0.251 e. The average molecular weight is 277 g/mol. The number of aliphatic hydroxyl groups is 1. The molecule has 20 heavy (non-hydrogen) atoms. The van der Waals surface area contributed by atoms with E-state index in [1.54, 1.807) is 13.2 Å². The minimum Gasteiger partial charge on any atom is -0.391 e. The van der Waals surface area contributed by atoms with Gasteiger partial charge in [-0.2, -0.15) is 0 Å². The Labute approximate surface area is 120 Å². The van der Waals surface area contributed by atoms with Crippen LogP contribution in [-0.2, 0) is 11.3 Å². The van der Waals surface area contributed by atoms with Gasteiger partial charge in [-0.25, -0.2) is 0 Å². The second-order valence-corrected chi connectivity index (χ2v) is 5.38. The molecule has 1 saturated carbocycles. The molecule has 1 aliphatic rings. The molecule has 0 aromatic heterocycles. The SMILES string of the molecule is COCc1ccccc1C(=O)NC1CCCCCC1O. The van der Waals surface area contributed by atoms with Crippen molar-refractivity contribution in [1.29, 1.82) is 0 Å². The van der Waals surface area contributed by atoms with Crippen LogP contribution in [0.5, 0.6) is 0 Å². The zero-order valence-corrected chi connectivity index (χ0v) is 12.0. The summed E-state index contributed by atoms with van der Waals surface area (Å²) < 4.78 is 5.12. The minimum atomic E-state index is -0.434. The highest BCUT2D eigenvalue weighted by molar-refractivity contribution is 5.95. The summed E-state index contributed by atoms with van der Waals surface area (Å²) in [6, 6.07) is 7.29. The fraction of sp³-hybridized carbons (Fsp3) is 0.562. The van der Waals surface area contributed by atoms with Gasteiger partial charge in [-0.05, 0) is 24.5 Å². The summed E-state index contributed by atoms with van der Waals surface area (Å²) in [6.07, 6.45) is 4.40. The van der Waals surface area contributed by atoms with Crippen LogP contribution < -0.4 is 5.32 Å². The van der Waals surface area contributed by atoms with Gasteiger partial charge < -0.3 is 15.2 Å². The lowest BCUT2D eigenvalue weighted by Gasteiger charge is -2.22. The number of aliphatic hydroxyl groups excluding tert-OH is 1. The van der Waals surface area contributed by atoms with E-state index in [0.29, 0.717) is 12.2 Å². The first kappa shape index (κ1) is 15.0. The molecule has 110 valence electrons. The maximum absolute atomic E-state index is 12.4. The van der Waals surface area contributed by atoms with Gasteiger partial charge in [0.05, 0.1) is 18.8 Å². The van der Waals surface area contributed by atoms with Crippen LogP contribution in [0.25, 0.3) is 0 Å². The van der Waals surface area contributed by atoms with E-state index in [0.717, 1.165) is 37.7 Å². The van der Waals surface area contributed by atoms with Crippen molar-refractivity contribution < 1.29 is 14.6 Å². The third-order valence-electron chi connectivity index (χ3n) is 3.86. The van der Waals surface area contributed by atoms with Crippen LogP contribution in [0.1, 0.15) is 48.0 Å². The second kappa shape index (κ2) is 7.41. The number of carbonyl (C=O) groups is 1. The number of carbonyl (C=O) groups excluding carboxylic acids is 1. The van der Waals surface area contributed by atoms with Gasteiger partial charge in [0.15, 0.2) is 0 Å². The van der Waals surface area contributed by atoms with Gasteiger partial charge in [-0.15, -0.1) is 0 Å². The molecule has 4 nitrogen and oxygen atoms in total. The monoisotopic (exact) mass is 277 g/mol. The lowest BCUT2D eigenvalue weighted by molar-refractivity contribution is 0.0815. The van der Waals surface area contributed by atoms with Crippen LogP contribution in [0.3, 0.4) is 0 Å². The summed E-state index contributed by atoms with van der Waals surface area (Å²) in [6.45, 7) is 0.414. The van der Waals surface area contributed by atoms with E-state index in [4.69, 9.17) is 4.74 Å². The Kier molecular flexibility index (Phi) is 5.56. The molecule has 1 fully saturated rings. The van der Waals surface area contributed by atoms with Crippen molar-refractivity contribution in [2.24, 2.45) is 0 Å². The van der Waals surface area contributed by atoms with Crippen molar-refractivity contribution in [3.05, 3.63) is 35.4 Å². The van der Waals surface area contributed by atoms with E-state index in [1.807, 2.05) is 18.2 Å². The van der Waals surface area contributed by atoms with Crippen molar-refractivity contribution in [1.82, 2.24) is 5.32 Å². The van der Waals surface area contributed by atoms with Crippen molar-refractivity contribution >= 4 is 5.91 Å². The van der Waals surface area contributed by atoms with Gasteiger partial charge in [0, 0.05) is 12.7 Å². The van der Waals surface area contributed by atoms with Crippen LogP contribution in [0.4, 0.5) is 0 Å². The Bertz CT molecular complexity index is 447. The Morgan fingerprint density at radius 3 is 2.85 bits per heavy atom. The zero-order valence-electron chi connectivity index (χ0n) is 12.0. The van der Waals surface area contributed by atoms with Crippen LogP contribution in [0.15, 0.2) is 24.3 Å². The van der Waals surface area contributed by atoms with E-state index in [-0.39, 0.29) is 11.9 Å². The maximum Gasteiger partial charge on any atom is 0.251 e. The number of nitrogens with one attached hydrogen (secondary N) is 1. The molecule has 0 spiro atoms. The van der Waals surface area contributed by atoms with Crippen molar-refractivity contribution in [3.8, 4) is 0 Å². The molecule has 2 N–H and O–H groups in total. The van der Waals surface area contributed by atoms with E-state index in [1.165, 1.54) is 0 Å². The molecule has 0 saturated heterocycles. The number of hydrogen-bond donors (Lipinski definition) is 2. The number of hydrogen-bond acceptors (Lipinski definition) is 3. The Morgan fingerprint density at radius 1 is 1.30 bits per heavy atom. The molecule has 0 heterocycles. The summed E-state index contributed by atoms with van der Waals surface area (Å²) >= 11 is 0. The van der Waals surface area contributed by atoms with Crippen LogP contribution >= 0.6 is 0 Å². The summed E-state index contributed by atoms with van der Waals surface area (Å²) in [5, 5.41) is 13.1. The van der Waals surface area contributed by atoms with Crippen LogP contribution in [0, 0.1) is 0 Å². The highest BCUT2D eigenvalue weighted by Gasteiger charge is 2.24. The first-order valence-electron chi connectivity index (χ1n) is 7.28. The molecule has 0 aliphatic heterocycles. The standard InChI is InChI=1S/C16H23NO3/c1-20-11-12-7-5-6-8-13(12)16(19)17-14-9-3-2-4-10-15(14)18/h5-8,14-15,18H,2-4,9-11H2,1H3,(H,17,19). The molecule has 0 radical (unpaired) electrons. The van der Waals surface area contributed by atoms with Gasteiger partial charge in [0.25, 0.3) is 5.91 Å². The Morgan fingerprint density at radius 2 is 2.05 bits per heavy atom. The number of rotatable bonds is 4. The minimum absolute atomic E-state index is 0.122. The lowest BCUT2D eigenvalue weighted by Crippen LogP contribution is -2.42. The molecule has 1 aliphatic carbocycles. The van der Waals surface area contributed by atoms with Crippen LogP contribution in [0.2, 0.25) is 0 Å². The highest BCUT2D eigenvalue weighted by atomic mass is 16.5. The molecule has 1 aromatic carbocycles. The third-order valence-corrected chi connectivity index (χ3v) is 3.86. The van der Waals surface area contributed by atoms with Gasteiger partial charge in [-0.1, -0.05) is 37.5 Å². The summed E-state index contributed by atoms with van der Waals surface area (Å²) in [4.78, 5) is 12.4. The molecule has 2 atom stereocenters. The summed E-state index contributed by atoms with van der Waals surface area (Å²) in [7, 11) is 1.61. The van der Waals surface area contributed by atoms with Crippen molar-refractivity contribution in [3.63, 3.8) is 0 Å². The fourth-order valence-electron chi connectivity index (χ4n) is 2.73. The van der Waals surface area contributed by atoms with Crippen LogP contribution in [-0.4, -0.2) is 30.3 Å². The predicted molar refractivity (Wildman–Crippen MR) is 77.5 cm³/mol. The van der Waals surface area contributed by atoms with Crippen molar-refractivity contribution in [2.75, 3.05) is 7.11 Å².